The van der Waals surface area contributed by atoms with E-state index < -0.39 is 16.1 Å². The molecule has 4 rings (SSSR count). The number of halogens is 1. The fourth-order valence-electron chi connectivity index (χ4n) is 4.77. The Morgan fingerprint density at radius 2 is 1.71 bits per heavy atom. The van der Waals surface area contributed by atoms with Gasteiger partial charge in [0, 0.05) is 43.6 Å². The summed E-state index contributed by atoms with van der Waals surface area (Å²) in [5.74, 6) is 0.481. The Morgan fingerprint density at radius 1 is 1.00 bits per heavy atom. The molecule has 0 aromatic heterocycles. The number of nitrogens with one attached hydrogen (secondary N) is 1. The summed E-state index contributed by atoms with van der Waals surface area (Å²) >= 11 is 6.47. The number of carbonyl (C=O) groups excluding carboxylic acids is 2. The molecule has 1 aliphatic heterocycles. The summed E-state index contributed by atoms with van der Waals surface area (Å²) in [4.78, 5) is 28.9. The molecule has 2 amide bonds. The van der Waals surface area contributed by atoms with Crippen LogP contribution in [0.4, 0.5) is 5.69 Å². The number of sulfonamides is 1. The van der Waals surface area contributed by atoms with Crippen molar-refractivity contribution < 1.29 is 27.5 Å². The second kappa shape index (κ2) is 14.4. The molecule has 0 spiro atoms. The molecule has 1 unspecified atom stereocenters. The summed E-state index contributed by atoms with van der Waals surface area (Å²) in [6.45, 7) is 2.72. The second-order valence-electron chi connectivity index (χ2n) is 10.1. The van der Waals surface area contributed by atoms with Crippen molar-refractivity contribution in [3.63, 3.8) is 0 Å². The first-order valence-corrected chi connectivity index (χ1v) is 16.1. The van der Waals surface area contributed by atoms with E-state index in [1.807, 2.05) is 55.5 Å². The van der Waals surface area contributed by atoms with Gasteiger partial charge in [-0.2, -0.15) is 0 Å². The SMILES string of the molecule is CCCNC(=O)C(Cc1ccccc1)N(Cc1ccccc1Cl)C(=O)CCCN(c1ccc2c(c1)OCO2)S(C)(=O)=O. The number of nitrogens with zero attached hydrogens (tertiary/aromatic N) is 2. The molecule has 1 heterocycles. The monoisotopic (exact) mass is 613 g/mol. The van der Waals surface area contributed by atoms with Crippen molar-refractivity contribution in [1.29, 1.82) is 0 Å². The second-order valence-corrected chi connectivity index (χ2v) is 12.4. The van der Waals surface area contributed by atoms with E-state index in [4.69, 9.17) is 21.1 Å². The number of ether oxygens (including phenoxy) is 2. The van der Waals surface area contributed by atoms with E-state index in [0.717, 1.165) is 18.2 Å². The largest absolute Gasteiger partial charge is 0.454 e. The highest BCUT2D eigenvalue weighted by molar-refractivity contribution is 7.92. The fraction of sp³-hybridized carbons (Fsp3) is 0.355. The van der Waals surface area contributed by atoms with Gasteiger partial charge >= 0.3 is 0 Å². The zero-order chi connectivity index (χ0) is 30.1. The molecule has 0 radical (unpaired) electrons. The Balaban J connectivity index is 1.57. The van der Waals surface area contributed by atoms with E-state index in [-0.39, 0.29) is 44.5 Å². The van der Waals surface area contributed by atoms with Gasteiger partial charge in [-0.1, -0.05) is 67.1 Å². The Morgan fingerprint density at radius 3 is 2.43 bits per heavy atom. The third kappa shape index (κ3) is 8.17. The average molecular weight is 614 g/mol. The first-order chi connectivity index (χ1) is 20.2. The number of fused-ring (bicyclic) bond motifs is 1. The molecule has 0 saturated carbocycles. The number of carbonyl (C=O) groups is 2. The normalized spacial score (nSPS) is 12.9. The van der Waals surface area contributed by atoms with Gasteiger partial charge in [-0.05, 0) is 42.2 Å². The topological polar surface area (TPSA) is 105 Å². The van der Waals surface area contributed by atoms with Crippen molar-refractivity contribution in [3.05, 3.63) is 88.9 Å². The van der Waals surface area contributed by atoms with Gasteiger partial charge < -0.3 is 19.7 Å². The van der Waals surface area contributed by atoms with Gasteiger partial charge in [0.1, 0.15) is 6.04 Å². The molecule has 3 aromatic rings. The van der Waals surface area contributed by atoms with Gasteiger partial charge in [0.15, 0.2) is 11.5 Å². The Labute approximate surface area is 252 Å². The number of amides is 2. The van der Waals surface area contributed by atoms with Crippen molar-refractivity contribution in [3.8, 4) is 11.5 Å². The zero-order valence-electron chi connectivity index (χ0n) is 23.8. The van der Waals surface area contributed by atoms with Gasteiger partial charge in [0.2, 0.25) is 28.6 Å². The lowest BCUT2D eigenvalue weighted by atomic mass is 10.0. The molecule has 0 fully saturated rings. The Bertz CT molecular complexity index is 1480. The number of hydrogen-bond acceptors (Lipinski definition) is 6. The molecule has 0 saturated heterocycles. The highest BCUT2D eigenvalue weighted by atomic mass is 35.5. The van der Waals surface area contributed by atoms with E-state index in [9.17, 15) is 18.0 Å². The third-order valence-electron chi connectivity index (χ3n) is 6.92. The van der Waals surface area contributed by atoms with Gasteiger partial charge in [0.05, 0.1) is 11.9 Å². The summed E-state index contributed by atoms with van der Waals surface area (Å²) in [5.41, 5.74) is 2.05. The van der Waals surface area contributed by atoms with Crippen molar-refractivity contribution in [2.24, 2.45) is 0 Å². The predicted molar refractivity (Wildman–Crippen MR) is 163 cm³/mol. The molecule has 42 heavy (non-hydrogen) atoms. The molecular weight excluding hydrogens is 578 g/mol. The molecule has 3 aromatic carbocycles. The number of benzene rings is 3. The van der Waals surface area contributed by atoms with E-state index >= 15 is 0 Å². The summed E-state index contributed by atoms with van der Waals surface area (Å²) in [6.07, 6.45) is 2.45. The molecule has 1 aliphatic rings. The number of rotatable bonds is 14. The van der Waals surface area contributed by atoms with Gasteiger partial charge in [0.25, 0.3) is 0 Å². The molecular formula is C31H36ClN3O6S. The van der Waals surface area contributed by atoms with Crippen LogP contribution in [0.5, 0.6) is 11.5 Å². The summed E-state index contributed by atoms with van der Waals surface area (Å²) < 4.78 is 37.4. The maximum atomic E-state index is 13.9. The van der Waals surface area contributed by atoms with Crippen LogP contribution >= 0.6 is 11.6 Å². The van der Waals surface area contributed by atoms with Crippen LogP contribution in [0.3, 0.4) is 0 Å². The lowest BCUT2D eigenvalue weighted by Gasteiger charge is -2.32. The van der Waals surface area contributed by atoms with Crippen LogP contribution in [0, 0.1) is 0 Å². The first kappa shape index (κ1) is 31.2. The lowest BCUT2D eigenvalue weighted by molar-refractivity contribution is -0.141. The zero-order valence-corrected chi connectivity index (χ0v) is 25.4. The highest BCUT2D eigenvalue weighted by Crippen LogP contribution is 2.36. The van der Waals surface area contributed by atoms with Crippen LogP contribution in [-0.2, 0) is 32.6 Å². The first-order valence-electron chi connectivity index (χ1n) is 13.9. The molecule has 1 N–H and O–H groups in total. The van der Waals surface area contributed by atoms with Crippen molar-refractivity contribution in [2.75, 3.05) is 30.4 Å². The highest BCUT2D eigenvalue weighted by Gasteiger charge is 2.31. The van der Waals surface area contributed by atoms with Crippen LogP contribution in [-0.4, -0.2) is 57.3 Å². The third-order valence-corrected chi connectivity index (χ3v) is 8.48. The van der Waals surface area contributed by atoms with Crippen LogP contribution in [0.2, 0.25) is 5.02 Å². The maximum Gasteiger partial charge on any atom is 0.243 e. The number of anilines is 1. The van der Waals surface area contributed by atoms with Crippen LogP contribution in [0.1, 0.15) is 37.3 Å². The minimum Gasteiger partial charge on any atom is -0.454 e. The van der Waals surface area contributed by atoms with Gasteiger partial charge in [-0.3, -0.25) is 13.9 Å². The molecule has 1 atom stereocenters. The maximum absolute atomic E-state index is 13.9. The minimum atomic E-state index is -3.66. The van der Waals surface area contributed by atoms with Crippen molar-refractivity contribution in [2.45, 2.75) is 45.2 Å². The summed E-state index contributed by atoms with van der Waals surface area (Å²) in [7, 11) is -3.66. The number of hydrogen-bond donors (Lipinski definition) is 1. The molecule has 11 heteroatoms. The molecule has 0 aliphatic carbocycles. The lowest BCUT2D eigenvalue weighted by Crippen LogP contribution is -2.50. The van der Waals surface area contributed by atoms with Crippen LogP contribution in [0.15, 0.2) is 72.8 Å². The van der Waals surface area contributed by atoms with E-state index in [2.05, 4.69) is 5.32 Å². The average Bonchev–Trinajstić information content (AvgIpc) is 3.44. The summed E-state index contributed by atoms with van der Waals surface area (Å²) in [6, 6.07) is 20.9. The fourth-order valence-corrected chi connectivity index (χ4v) is 5.93. The van der Waals surface area contributed by atoms with Crippen LogP contribution in [0.25, 0.3) is 0 Å². The van der Waals surface area contributed by atoms with E-state index in [1.165, 1.54) is 4.31 Å². The standard InChI is InChI=1S/C31H36ClN3O6S/c1-3-17-33-31(37)27(19-23-10-5-4-6-11-23)34(21-24-12-7-8-13-26(24)32)30(36)14-9-18-35(42(2,38)39)25-15-16-28-29(20-25)41-22-40-28/h4-8,10-13,15-16,20,27H,3,9,14,17-19,21-22H2,1-2H3,(H,33,37). The van der Waals surface area contributed by atoms with Crippen molar-refractivity contribution >= 4 is 39.1 Å². The van der Waals surface area contributed by atoms with Gasteiger partial charge in [-0.25, -0.2) is 8.42 Å². The van der Waals surface area contributed by atoms with E-state index in [0.29, 0.717) is 40.7 Å². The Kier molecular flexibility index (Phi) is 10.7. The predicted octanol–water partition coefficient (Wildman–Crippen LogP) is 4.78. The van der Waals surface area contributed by atoms with Gasteiger partial charge in [-0.15, -0.1) is 0 Å². The van der Waals surface area contributed by atoms with E-state index in [1.54, 1.807) is 29.2 Å². The molecule has 0 bridgehead atoms. The quantitative estimate of drug-likeness (QED) is 0.281. The minimum absolute atomic E-state index is 0.0212. The molecule has 9 nitrogen and oxygen atoms in total. The molecule has 224 valence electrons. The smallest absolute Gasteiger partial charge is 0.243 e. The van der Waals surface area contributed by atoms with Crippen molar-refractivity contribution in [1.82, 2.24) is 10.2 Å². The summed E-state index contributed by atoms with van der Waals surface area (Å²) in [5, 5.41) is 3.44. The Hall–Kier alpha value is -3.76. The van der Waals surface area contributed by atoms with Crippen LogP contribution < -0.4 is 19.1 Å².